The van der Waals surface area contributed by atoms with Crippen LogP contribution >= 0.6 is 0 Å². The van der Waals surface area contributed by atoms with Crippen molar-refractivity contribution in [3.05, 3.63) is 0 Å². The summed E-state index contributed by atoms with van der Waals surface area (Å²) in [5, 5.41) is 0. The molecule has 34 valence electrons. The second kappa shape index (κ2) is 3.03. The van der Waals surface area contributed by atoms with E-state index in [4.69, 9.17) is 0 Å². The van der Waals surface area contributed by atoms with E-state index in [-0.39, 0.29) is 31.0 Å². The van der Waals surface area contributed by atoms with Crippen molar-refractivity contribution in [1.29, 1.82) is 0 Å². The molecule has 0 atom stereocenters. The Kier molecular flexibility index (Phi) is 5.07. The number of rotatable bonds is 0. The monoisotopic (exact) mass is 98.1 g/mol. The molecular formula is C4H13NNa+. The zero-order valence-corrected chi connectivity index (χ0v) is 7.45. The van der Waals surface area contributed by atoms with Crippen molar-refractivity contribution < 1.29 is 35.5 Å². The third-order valence-electron chi connectivity index (χ3n) is 0. The van der Waals surface area contributed by atoms with E-state index >= 15 is 0 Å². The molecule has 2 heteroatoms. The fourth-order valence-electron chi connectivity index (χ4n) is 0. The minimum Gasteiger partial charge on any atom is -1.00 e. The Labute approximate surface area is 63.7 Å². The molecule has 6 heavy (non-hydrogen) atoms. The van der Waals surface area contributed by atoms with E-state index in [1.165, 1.54) is 0 Å². The Morgan fingerprint density at radius 3 is 1.00 bits per heavy atom. The summed E-state index contributed by atoms with van der Waals surface area (Å²) in [5.74, 6) is 0. The van der Waals surface area contributed by atoms with Crippen molar-refractivity contribution >= 4 is 0 Å². The number of nitrogens with zero attached hydrogens (tertiary/aromatic N) is 1. The number of quaternary nitrogens is 1. The van der Waals surface area contributed by atoms with Crippen molar-refractivity contribution in [2.24, 2.45) is 0 Å². The molecule has 0 saturated carbocycles. The third-order valence-corrected chi connectivity index (χ3v) is 0. The van der Waals surface area contributed by atoms with Gasteiger partial charge in [0.25, 0.3) is 0 Å². The third kappa shape index (κ3) is 84.4. The summed E-state index contributed by atoms with van der Waals surface area (Å²) in [6.45, 7) is 0. The quantitative estimate of drug-likeness (QED) is 0.231. The van der Waals surface area contributed by atoms with Gasteiger partial charge in [0.15, 0.2) is 0 Å². The van der Waals surface area contributed by atoms with Gasteiger partial charge >= 0.3 is 29.6 Å². The predicted molar refractivity (Wildman–Crippen MR) is 25.1 cm³/mol. The summed E-state index contributed by atoms with van der Waals surface area (Å²) in [5.41, 5.74) is 0. The van der Waals surface area contributed by atoms with Gasteiger partial charge in [-0.05, 0) is 0 Å². The fraction of sp³-hybridized carbons (Fsp3) is 1.00. The first kappa shape index (κ1) is 10.0. The molecule has 0 heterocycles. The summed E-state index contributed by atoms with van der Waals surface area (Å²) in [6, 6.07) is 0. The maximum absolute atomic E-state index is 2.12. The van der Waals surface area contributed by atoms with E-state index in [1.54, 1.807) is 0 Å². The molecule has 0 aliphatic carbocycles. The summed E-state index contributed by atoms with van der Waals surface area (Å²) in [7, 11) is 8.50. The first-order chi connectivity index (χ1) is 2.00. The molecule has 0 amide bonds. The molecule has 0 fully saturated rings. The molecule has 0 aliphatic rings. The van der Waals surface area contributed by atoms with E-state index in [0.717, 1.165) is 4.48 Å². The number of hydrogen-bond donors (Lipinski definition) is 0. The molecule has 0 bridgehead atoms. The Hall–Kier alpha value is 0.960. The van der Waals surface area contributed by atoms with E-state index in [9.17, 15) is 0 Å². The molecule has 0 aromatic carbocycles. The van der Waals surface area contributed by atoms with Crippen molar-refractivity contribution in [1.82, 2.24) is 0 Å². The van der Waals surface area contributed by atoms with Gasteiger partial charge in [-0.2, -0.15) is 0 Å². The second-order valence-corrected chi connectivity index (χ2v) is 2.68. The van der Waals surface area contributed by atoms with Crippen LogP contribution in [0.15, 0.2) is 0 Å². The largest absolute Gasteiger partial charge is 1.00 e. The zero-order chi connectivity index (χ0) is 4.50. The van der Waals surface area contributed by atoms with E-state index in [0.29, 0.717) is 0 Å². The molecule has 0 unspecified atom stereocenters. The average Bonchev–Trinajstić information content (AvgIpc) is 0.722. The Bertz CT molecular complexity index is 27.2. The van der Waals surface area contributed by atoms with Crippen molar-refractivity contribution in [2.75, 3.05) is 28.2 Å². The van der Waals surface area contributed by atoms with Crippen molar-refractivity contribution in [3.63, 3.8) is 0 Å². The molecule has 0 radical (unpaired) electrons. The van der Waals surface area contributed by atoms with Gasteiger partial charge in [0, 0.05) is 0 Å². The standard InChI is InChI=1S/C4H12N.Na.H/c1-5(2,3)4;;/h1-4H3;;/q2*+1;-1. The predicted octanol–water partition coefficient (Wildman–Crippen LogP) is -2.56. The van der Waals surface area contributed by atoms with Gasteiger partial charge < -0.3 is 5.91 Å². The minimum absolute atomic E-state index is 0. The topological polar surface area (TPSA) is 0 Å². The Morgan fingerprint density at radius 1 is 1.00 bits per heavy atom. The van der Waals surface area contributed by atoms with Crippen molar-refractivity contribution in [3.8, 4) is 0 Å². The van der Waals surface area contributed by atoms with Crippen LogP contribution in [0.5, 0.6) is 0 Å². The first-order valence-corrected chi connectivity index (χ1v) is 1.79. The SMILES string of the molecule is C[N+](C)(C)C.[H-].[Na+]. The maximum atomic E-state index is 2.12. The molecule has 0 aromatic rings. The number of hydrogen-bond acceptors (Lipinski definition) is 0. The zero-order valence-electron chi connectivity index (χ0n) is 6.45. The van der Waals surface area contributed by atoms with Crippen LogP contribution in [-0.4, -0.2) is 32.7 Å². The van der Waals surface area contributed by atoms with Gasteiger partial charge in [-0.1, -0.05) is 0 Å². The average molecular weight is 98.1 g/mol. The first-order valence-electron chi connectivity index (χ1n) is 1.79. The van der Waals surface area contributed by atoms with Crippen LogP contribution in [0.3, 0.4) is 0 Å². The van der Waals surface area contributed by atoms with Crippen LogP contribution in [0.1, 0.15) is 1.43 Å². The summed E-state index contributed by atoms with van der Waals surface area (Å²) >= 11 is 0. The van der Waals surface area contributed by atoms with Crippen LogP contribution in [-0.2, 0) is 0 Å². The fourth-order valence-corrected chi connectivity index (χ4v) is 0. The second-order valence-electron chi connectivity index (χ2n) is 2.68. The summed E-state index contributed by atoms with van der Waals surface area (Å²) < 4.78 is 1.00. The van der Waals surface area contributed by atoms with Gasteiger partial charge in [0.05, 0.1) is 28.2 Å². The van der Waals surface area contributed by atoms with Crippen LogP contribution < -0.4 is 29.6 Å². The molecular weight excluding hydrogens is 85.0 g/mol. The Balaban J connectivity index is -0.0000000800. The van der Waals surface area contributed by atoms with Crippen LogP contribution in [0.4, 0.5) is 0 Å². The van der Waals surface area contributed by atoms with E-state index in [2.05, 4.69) is 28.2 Å². The molecule has 0 rings (SSSR count). The van der Waals surface area contributed by atoms with Gasteiger partial charge in [0.2, 0.25) is 0 Å². The summed E-state index contributed by atoms with van der Waals surface area (Å²) in [6.07, 6.45) is 0. The van der Waals surface area contributed by atoms with Gasteiger partial charge in [-0.3, -0.25) is 0 Å². The maximum Gasteiger partial charge on any atom is 1.00 e. The van der Waals surface area contributed by atoms with E-state index < -0.39 is 0 Å². The van der Waals surface area contributed by atoms with Crippen LogP contribution in [0, 0.1) is 0 Å². The molecule has 1 nitrogen and oxygen atoms in total. The molecule has 0 spiro atoms. The Morgan fingerprint density at radius 2 is 1.00 bits per heavy atom. The minimum atomic E-state index is 0. The van der Waals surface area contributed by atoms with Gasteiger partial charge in [-0.15, -0.1) is 0 Å². The summed E-state index contributed by atoms with van der Waals surface area (Å²) in [4.78, 5) is 0. The van der Waals surface area contributed by atoms with Crippen LogP contribution in [0.2, 0.25) is 0 Å². The molecule has 0 saturated heterocycles. The molecule has 0 N–H and O–H groups in total. The van der Waals surface area contributed by atoms with Gasteiger partial charge in [0.1, 0.15) is 0 Å². The molecule has 0 aromatic heterocycles. The van der Waals surface area contributed by atoms with E-state index in [1.807, 2.05) is 0 Å². The normalized spacial score (nSPS) is 10.0. The van der Waals surface area contributed by atoms with Crippen molar-refractivity contribution in [2.45, 2.75) is 0 Å². The smallest absolute Gasteiger partial charge is 1.00 e. The van der Waals surface area contributed by atoms with Gasteiger partial charge in [-0.25, -0.2) is 0 Å². The molecule has 0 aliphatic heterocycles. The van der Waals surface area contributed by atoms with Crippen LogP contribution in [0.25, 0.3) is 0 Å².